The summed E-state index contributed by atoms with van der Waals surface area (Å²) in [6, 6.07) is 0. The topological polar surface area (TPSA) is 46.5 Å². The summed E-state index contributed by atoms with van der Waals surface area (Å²) >= 11 is 0. The fourth-order valence-electron chi connectivity index (χ4n) is 5.39. The zero-order valence-electron chi connectivity index (χ0n) is 19.0. The van der Waals surface area contributed by atoms with Crippen molar-refractivity contribution in [2.45, 2.75) is 97.7 Å². The van der Waals surface area contributed by atoms with Crippen LogP contribution in [0.15, 0.2) is 0 Å². The van der Waals surface area contributed by atoms with Crippen molar-refractivity contribution >= 4 is 5.97 Å². The number of rotatable bonds is 6. The molecule has 2 saturated carbocycles. The molecule has 5 atom stereocenters. The van der Waals surface area contributed by atoms with E-state index in [1.807, 2.05) is 41.5 Å². The number of esters is 1. The third-order valence-electron chi connectivity index (χ3n) is 7.33. The number of halogens is 6. The average Bonchev–Trinajstić information content (AvgIpc) is 3.10. The third kappa shape index (κ3) is 5.17. The lowest BCUT2D eigenvalue weighted by atomic mass is 9.68. The van der Waals surface area contributed by atoms with Crippen molar-refractivity contribution < 1.29 is 41.0 Å². The molecular weight excluding hydrogens is 426 g/mol. The fourth-order valence-corrected chi connectivity index (χ4v) is 5.39. The molecule has 0 spiro atoms. The highest BCUT2D eigenvalue weighted by atomic mass is 19.4. The quantitative estimate of drug-likeness (QED) is 0.374. The van der Waals surface area contributed by atoms with Crippen molar-refractivity contribution in [3.05, 3.63) is 0 Å². The van der Waals surface area contributed by atoms with Crippen LogP contribution in [0.1, 0.15) is 73.6 Å². The Morgan fingerprint density at radius 1 is 0.935 bits per heavy atom. The largest absolute Gasteiger partial charge is 0.462 e. The van der Waals surface area contributed by atoms with Crippen molar-refractivity contribution in [1.29, 1.82) is 0 Å². The van der Waals surface area contributed by atoms with Crippen LogP contribution in [0.3, 0.4) is 0 Å². The van der Waals surface area contributed by atoms with E-state index < -0.39 is 47.7 Å². The molecule has 1 N–H and O–H groups in total. The van der Waals surface area contributed by atoms with Gasteiger partial charge in [-0.1, -0.05) is 34.6 Å². The second-order valence-electron chi connectivity index (χ2n) is 11.3. The van der Waals surface area contributed by atoms with Crippen molar-refractivity contribution in [1.82, 2.24) is 0 Å². The minimum atomic E-state index is -5.80. The lowest BCUT2D eigenvalue weighted by Gasteiger charge is -2.39. The molecule has 2 aliphatic carbocycles. The Balaban J connectivity index is 2.08. The van der Waals surface area contributed by atoms with Crippen LogP contribution >= 0.6 is 0 Å². The second kappa shape index (κ2) is 8.10. The van der Waals surface area contributed by atoms with Crippen LogP contribution in [0.4, 0.5) is 26.3 Å². The standard InChI is InChI=1S/C22H34F6O3/c1-12(2)19(6,11-18(3,4)5)17(29)31-16-9-13-7-14(16)8-15(13)10-20(30,21(23,24)25)22(26,27)28/h12-16,30H,7-11H2,1-6H3. The molecule has 0 amide bonds. The normalized spacial score (nSPS) is 29.4. The van der Waals surface area contributed by atoms with Gasteiger partial charge in [0.1, 0.15) is 6.10 Å². The van der Waals surface area contributed by atoms with Gasteiger partial charge in [-0.15, -0.1) is 0 Å². The number of carbonyl (C=O) groups is 1. The monoisotopic (exact) mass is 460 g/mol. The fraction of sp³-hybridized carbons (Fsp3) is 0.955. The molecule has 2 rings (SSSR count). The van der Waals surface area contributed by atoms with E-state index in [2.05, 4.69) is 0 Å². The molecule has 0 saturated heterocycles. The third-order valence-corrected chi connectivity index (χ3v) is 7.33. The van der Waals surface area contributed by atoms with Gasteiger partial charge in [0.25, 0.3) is 5.60 Å². The molecule has 2 bridgehead atoms. The summed E-state index contributed by atoms with van der Waals surface area (Å²) < 4.78 is 84.1. The van der Waals surface area contributed by atoms with E-state index in [0.29, 0.717) is 12.8 Å². The molecule has 2 fully saturated rings. The number of ether oxygens (including phenoxy) is 1. The molecule has 0 aromatic heterocycles. The Labute approximate surface area is 179 Å². The van der Waals surface area contributed by atoms with Crippen molar-refractivity contribution in [3.8, 4) is 0 Å². The molecule has 0 radical (unpaired) electrons. The van der Waals surface area contributed by atoms with Gasteiger partial charge < -0.3 is 9.84 Å². The Hall–Kier alpha value is -0.990. The zero-order valence-corrected chi connectivity index (χ0v) is 19.0. The highest BCUT2D eigenvalue weighted by Crippen LogP contribution is 2.56. The molecular formula is C22H34F6O3. The van der Waals surface area contributed by atoms with Gasteiger partial charge in [0.2, 0.25) is 0 Å². The van der Waals surface area contributed by atoms with E-state index in [1.165, 1.54) is 0 Å². The first kappa shape index (κ1) is 26.3. The molecule has 182 valence electrons. The number of hydrogen-bond acceptors (Lipinski definition) is 3. The molecule has 31 heavy (non-hydrogen) atoms. The number of fused-ring (bicyclic) bond motifs is 2. The lowest BCUT2D eigenvalue weighted by Crippen LogP contribution is -2.58. The maximum atomic E-state index is 13.0. The minimum absolute atomic E-state index is 0.000796. The number of aliphatic hydroxyl groups is 1. The molecule has 0 heterocycles. The molecule has 0 aromatic rings. The van der Waals surface area contributed by atoms with Crippen LogP contribution < -0.4 is 0 Å². The van der Waals surface area contributed by atoms with E-state index in [-0.39, 0.29) is 36.1 Å². The first-order chi connectivity index (χ1) is 13.7. The smallest absolute Gasteiger partial charge is 0.426 e. The second-order valence-corrected chi connectivity index (χ2v) is 11.3. The van der Waals surface area contributed by atoms with E-state index in [0.717, 1.165) is 0 Å². The Bertz CT molecular complexity index is 650. The first-order valence-electron chi connectivity index (χ1n) is 10.8. The highest BCUT2D eigenvalue weighted by Gasteiger charge is 2.71. The van der Waals surface area contributed by atoms with Crippen LogP contribution in [-0.4, -0.2) is 35.1 Å². The van der Waals surface area contributed by atoms with Crippen LogP contribution in [0.2, 0.25) is 0 Å². The predicted octanol–water partition coefficient (Wildman–Crippen LogP) is 6.29. The maximum Gasteiger partial charge on any atom is 0.426 e. The maximum absolute atomic E-state index is 13.0. The molecule has 5 unspecified atom stereocenters. The summed E-state index contributed by atoms with van der Waals surface area (Å²) in [6.45, 7) is 11.8. The van der Waals surface area contributed by atoms with Gasteiger partial charge in [-0.2, -0.15) is 26.3 Å². The summed E-state index contributed by atoms with van der Waals surface area (Å²) in [6.07, 6.45) is -12.2. The Kier molecular flexibility index (Phi) is 6.86. The molecule has 0 aromatic carbocycles. The van der Waals surface area contributed by atoms with Gasteiger partial charge in [-0.3, -0.25) is 4.79 Å². The minimum Gasteiger partial charge on any atom is -0.462 e. The molecule has 2 aliphatic rings. The van der Waals surface area contributed by atoms with E-state index in [9.17, 15) is 36.2 Å². The van der Waals surface area contributed by atoms with Gasteiger partial charge in [-0.05, 0) is 68.1 Å². The number of carbonyl (C=O) groups excluding carboxylic acids is 1. The summed E-state index contributed by atoms with van der Waals surface area (Å²) in [7, 11) is 0. The highest BCUT2D eigenvalue weighted by molar-refractivity contribution is 5.77. The van der Waals surface area contributed by atoms with E-state index >= 15 is 0 Å². The Morgan fingerprint density at radius 3 is 1.81 bits per heavy atom. The van der Waals surface area contributed by atoms with Crippen LogP contribution in [-0.2, 0) is 9.53 Å². The van der Waals surface area contributed by atoms with Crippen molar-refractivity contribution in [2.75, 3.05) is 0 Å². The summed E-state index contributed by atoms with van der Waals surface area (Å²) in [5.41, 5.74) is -5.59. The molecule has 9 heteroatoms. The average molecular weight is 460 g/mol. The van der Waals surface area contributed by atoms with Crippen molar-refractivity contribution in [3.63, 3.8) is 0 Å². The summed E-state index contributed by atoms with van der Waals surface area (Å²) in [4.78, 5) is 13.0. The first-order valence-corrected chi connectivity index (χ1v) is 10.8. The van der Waals surface area contributed by atoms with Gasteiger partial charge in [0.05, 0.1) is 5.41 Å². The van der Waals surface area contributed by atoms with Crippen molar-refractivity contribution in [2.24, 2.45) is 34.5 Å². The van der Waals surface area contributed by atoms with Gasteiger partial charge >= 0.3 is 18.3 Å². The lowest BCUT2D eigenvalue weighted by molar-refractivity contribution is -0.373. The summed E-state index contributed by atoms with van der Waals surface area (Å²) in [5.74, 6) is -2.00. The molecule has 0 aliphatic heterocycles. The van der Waals surface area contributed by atoms with E-state index in [1.54, 1.807) is 0 Å². The van der Waals surface area contributed by atoms with Gasteiger partial charge in [-0.25, -0.2) is 0 Å². The number of alkyl halides is 6. The van der Waals surface area contributed by atoms with Crippen LogP contribution in [0.25, 0.3) is 0 Å². The van der Waals surface area contributed by atoms with Gasteiger partial charge in [0, 0.05) is 0 Å². The zero-order chi connectivity index (χ0) is 24.2. The molecule has 3 nitrogen and oxygen atoms in total. The van der Waals surface area contributed by atoms with Gasteiger partial charge in [0.15, 0.2) is 0 Å². The Morgan fingerprint density at radius 2 is 1.45 bits per heavy atom. The van der Waals surface area contributed by atoms with Crippen LogP contribution in [0.5, 0.6) is 0 Å². The van der Waals surface area contributed by atoms with Crippen LogP contribution in [0, 0.1) is 34.5 Å². The SMILES string of the molecule is CC(C)C(C)(CC(C)(C)C)C(=O)OC1CC2CC1CC2CC(O)(C(F)(F)F)C(F)(F)F. The summed E-state index contributed by atoms with van der Waals surface area (Å²) in [5, 5.41) is 9.52. The number of hydrogen-bond donors (Lipinski definition) is 1. The predicted molar refractivity (Wildman–Crippen MR) is 103 cm³/mol. The van der Waals surface area contributed by atoms with E-state index in [4.69, 9.17) is 4.74 Å².